The summed E-state index contributed by atoms with van der Waals surface area (Å²) in [7, 11) is 0. The summed E-state index contributed by atoms with van der Waals surface area (Å²) in [6, 6.07) is 15.9. The number of benzene rings is 2. The fraction of sp³-hybridized carbons (Fsp3) is 0.0625. The van der Waals surface area contributed by atoms with E-state index in [4.69, 9.17) is 11.6 Å². The number of rotatable bonds is 2. The molecule has 0 amide bonds. The minimum absolute atomic E-state index is 0.723. The first kappa shape index (κ1) is 12.0. The molecule has 1 aromatic heterocycles. The van der Waals surface area contributed by atoms with Crippen LogP contribution in [-0.2, 0) is 0 Å². The van der Waals surface area contributed by atoms with Crippen LogP contribution in [0.5, 0.6) is 0 Å². The number of aryl methyl sites for hydroxylation is 1. The molecule has 3 aromatic rings. The van der Waals surface area contributed by atoms with Gasteiger partial charge in [-0.1, -0.05) is 35.4 Å². The van der Waals surface area contributed by atoms with E-state index in [-0.39, 0.29) is 0 Å². The van der Waals surface area contributed by atoms with Crippen LogP contribution in [0.1, 0.15) is 5.56 Å². The minimum atomic E-state index is 0.723. The number of nitrogens with zero attached hydrogens (tertiary/aromatic N) is 2. The van der Waals surface area contributed by atoms with E-state index >= 15 is 0 Å². The molecule has 0 aliphatic heterocycles. The van der Waals surface area contributed by atoms with Crippen LogP contribution in [0.15, 0.2) is 54.7 Å². The topological polar surface area (TPSA) is 17.8 Å². The highest BCUT2D eigenvalue weighted by atomic mass is 35.5. The standard InChI is InChI=1S/C16H12ClN2/c1-12-3-2-4-13(11-12)16-18-9-10-19(16)15-7-5-14(17)6-8-15/h2-9,11H,1H3. The Kier molecular flexibility index (Phi) is 3.10. The van der Waals surface area contributed by atoms with Gasteiger partial charge in [0.05, 0.1) is 12.4 Å². The van der Waals surface area contributed by atoms with E-state index in [0.29, 0.717) is 0 Å². The van der Waals surface area contributed by atoms with Gasteiger partial charge in [0.15, 0.2) is 0 Å². The maximum Gasteiger partial charge on any atom is 0.145 e. The summed E-state index contributed by atoms with van der Waals surface area (Å²) in [6.07, 6.45) is 4.81. The Bertz CT molecular complexity index is 699. The summed E-state index contributed by atoms with van der Waals surface area (Å²) in [5, 5.41) is 0.723. The third-order valence-electron chi connectivity index (χ3n) is 2.95. The van der Waals surface area contributed by atoms with Gasteiger partial charge in [0.25, 0.3) is 0 Å². The van der Waals surface area contributed by atoms with Crippen LogP contribution in [-0.4, -0.2) is 9.55 Å². The van der Waals surface area contributed by atoms with Gasteiger partial charge in [-0.2, -0.15) is 0 Å². The lowest BCUT2D eigenvalue weighted by Crippen LogP contribution is -1.96. The first-order chi connectivity index (χ1) is 9.24. The third-order valence-corrected chi connectivity index (χ3v) is 3.20. The number of hydrogen-bond acceptors (Lipinski definition) is 1. The molecule has 0 N–H and O–H groups in total. The number of imidazole rings is 1. The molecule has 0 spiro atoms. The average Bonchev–Trinajstić information content (AvgIpc) is 2.89. The largest absolute Gasteiger partial charge is 0.291 e. The predicted molar refractivity (Wildman–Crippen MR) is 77.6 cm³/mol. The fourth-order valence-electron chi connectivity index (χ4n) is 2.04. The SMILES string of the molecule is Cc1cccc(-c2nc[c]n2-c2ccc(Cl)cc2)c1. The molecule has 0 saturated carbocycles. The van der Waals surface area contributed by atoms with Crippen LogP contribution in [0, 0.1) is 13.1 Å². The maximum atomic E-state index is 5.92. The Hall–Kier alpha value is -2.06. The second kappa shape index (κ2) is 4.90. The molecule has 93 valence electrons. The molecule has 0 aliphatic rings. The van der Waals surface area contributed by atoms with Crippen molar-refractivity contribution in [1.82, 2.24) is 9.55 Å². The smallest absolute Gasteiger partial charge is 0.145 e. The van der Waals surface area contributed by atoms with Crippen LogP contribution in [0.4, 0.5) is 0 Å². The van der Waals surface area contributed by atoms with Gasteiger partial charge >= 0.3 is 0 Å². The summed E-state index contributed by atoms with van der Waals surface area (Å²) in [6.45, 7) is 2.07. The lowest BCUT2D eigenvalue weighted by molar-refractivity contribution is 1.06. The van der Waals surface area contributed by atoms with Gasteiger partial charge in [-0.15, -0.1) is 0 Å². The van der Waals surface area contributed by atoms with E-state index in [1.807, 2.05) is 34.9 Å². The number of aromatic nitrogens is 2. The van der Waals surface area contributed by atoms with Gasteiger partial charge in [0.2, 0.25) is 0 Å². The molecule has 0 fully saturated rings. The van der Waals surface area contributed by atoms with Crippen LogP contribution < -0.4 is 0 Å². The van der Waals surface area contributed by atoms with Gasteiger partial charge in [-0.25, -0.2) is 4.98 Å². The Morgan fingerprint density at radius 2 is 1.89 bits per heavy atom. The van der Waals surface area contributed by atoms with Gasteiger partial charge < -0.3 is 0 Å². The Labute approximate surface area is 117 Å². The second-order valence-corrected chi connectivity index (χ2v) is 4.83. The molecule has 1 heterocycles. The Morgan fingerprint density at radius 3 is 2.63 bits per heavy atom. The molecular formula is C16H12ClN2. The molecular weight excluding hydrogens is 256 g/mol. The fourth-order valence-corrected chi connectivity index (χ4v) is 2.17. The molecule has 3 rings (SSSR count). The molecule has 19 heavy (non-hydrogen) atoms. The number of halogens is 1. The van der Waals surface area contributed by atoms with Crippen molar-refractivity contribution in [2.24, 2.45) is 0 Å². The second-order valence-electron chi connectivity index (χ2n) is 4.39. The summed E-state index contributed by atoms with van der Waals surface area (Å²) >= 11 is 5.92. The maximum absolute atomic E-state index is 5.92. The summed E-state index contributed by atoms with van der Waals surface area (Å²) in [5.74, 6) is 0.881. The van der Waals surface area contributed by atoms with Crippen LogP contribution in [0.25, 0.3) is 17.1 Å². The molecule has 2 nitrogen and oxygen atoms in total. The quantitative estimate of drug-likeness (QED) is 0.677. The average molecular weight is 268 g/mol. The highest BCUT2D eigenvalue weighted by molar-refractivity contribution is 6.30. The molecule has 0 saturated heterocycles. The zero-order valence-corrected chi connectivity index (χ0v) is 11.2. The lowest BCUT2D eigenvalue weighted by atomic mass is 10.1. The van der Waals surface area contributed by atoms with E-state index in [1.165, 1.54) is 5.56 Å². The van der Waals surface area contributed by atoms with E-state index in [9.17, 15) is 0 Å². The van der Waals surface area contributed by atoms with Crippen molar-refractivity contribution in [3.05, 3.63) is 71.5 Å². The van der Waals surface area contributed by atoms with Gasteiger partial charge in [0, 0.05) is 16.3 Å². The highest BCUT2D eigenvalue weighted by Gasteiger charge is 2.08. The van der Waals surface area contributed by atoms with E-state index in [1.54, 1.807) is 6.20 Å². The minimum Gasteiger partial charge on any atom is -0.291 e. The van der Waals surface area contributed by atoms with Gasteiger partial charge in [-0.05, 0) is 37.3 Å². The zero-order valence-electron chi connectivity index (χ0n) is 10.5. The van der Waals surface area contributed by atoms with Crippen molar-refractivity contribution in [3.8, 4) is 17.1 Å². The normalized spacial score (nSPS) is 10.6. The third kappa shape index (κ3) is 2.40. The lowest BCUT2D eigenvalue weighted by Gasteiger charge is -2.08. The van der Waals surface area contributed by atoms with Crippen LogP contribution >= 0.6 is 11.6 Å². The van der Waals surface area contributed by atoms with Gasteiger partial charge in [-0.3, -0.25) is 4.57 Å². The summed E-state index contributed by atoms with van der Waals surface area (Å²) in [4.78, 5) is 4.40. The predicted octanol–water partition coefficient (Wildman–Crippen LogP) is 4.30. The Morgan fingerprint density at radius 1 is 1.11 bits per heavy atom. The highest BCUT2D eigenvalue weighted by Crippen LogP contribution is 2.22. The van der Waals surface area contributed by atoms with Gasteiger partial charge in [0.1, 0.15) is 5.82 Å². The molecule has 3 heteroatoms. The van der Waals surface area contributed by atoms with Crippen molar-refractivity contribution in [1.29, 1.82) is 0 Å². The molecule has 0 atom stereocenters. The zero-order chi connectivity index (χ0) is 13.2. The molecule has 0 bridgehead atoms. The van der Waals surface area contributed by atoms with Crippen molar-refractivity contribution in [3.63, 3.8) is 0 Å². The van der Waals surface area contributed by atoms with Crippen molar-refractivity contribution in [2.45, 2.75) is 6.92 Å². The van der Waals surface area contributed by atoms with E-state index in [2.05, 4.69) is 36.3 Å². The van der Waals surface area contributed by atoms with Crippen LogP contribution in [0.3, 0.4) is 0 Å². The molecule has 2 aromatic carbocycles. The molecule has 0 unspecified atom stereocenters. The number of hydrogen-bond donors (Lipinski definition) is 0. The van der Waals surface area contributed by atoms with Crippen molar-refractivity contribution in [2.75, 3.05) is 0 Å². The summed E-state index contributed by atoms with van der Waals surface area (Å²) in [5.41, 5.74) is 3.29. The van der Waals surface area contributed by atoms with E-state index < -0.39 is 0 Å². The molecule has 1 radical (unpaired) electrons. The first-order valence-corrected chi connectivity index (χ1v) is 6.40. The van der Waals surface area contributed by atoms with Crippen LogP contribution in [0.2, 0.25) is 5.02 Å². The Balaban J connectivity index is 2.10. The van der Waals surface area contributed by atoms with Crippen molar-refractivity contribution < 1.29 is 0 Å². The van der Waals surface area contributed by atoms with E-state index in [0.717, 1.165) is 22.1 Å². The first-order valence-electron chi connectivity index (χ1n) is 6.02. The molecule has 0 aliphatic carbocycles. The summed E-state index contributed by atoms with van der Waals surface area (Å²) < 4.78 is 1.94. The van der Waals surface area contributed by atoms with Crippen molar-refractivity contribution >= 4 is 11.6 Å². The monoisotopic (exact) mass is 267 g/mol.